The van der Waals surface area contributed by atoms with Crippen molar-refractivity contribution in [3.63, 3.8) is 0 Å². The fourth-order valence-corrected chi connectivity index (χ4v) is 2.25. The summed E-state index contributed by atoms with van der Waals surface area (Å²) in [6, 6.07) is 10.2. The number of ether oxygens (including phenoxy) is 1. The number of hydrogen-bond acceptors (Lipinski definition) is 3. The number of pyridine rings is 1. The molecule has 0 aliphatic heterocycles. The number of nitrogens with one attached hydrogen (secondary N) is 1. The van der Waals surface area contributed by atoms with E-state index < -0.39 is 0 Å². The second kappa shape index (κ2) is 6.90. The molecule has 0 aliphatic carbocycles. The van der Waals surface area contributed by atoms with Gasteiger partial charge >= 0.3 is 0 Å². The fourth-order valence-electron chi connectivity index (χ4n) is 2.25. The zero-order chi connectivity index (χ0) is 15.3. The van der Waals surface area contributed by atoms with Crippen LogP contribution in [0.25, 0.3) is 10.9 Å². The van der Waals surface area contributed by atoms with Crippen LogP contribution in [0.2, 0.25) is 0 Å². The number of benzene rings is 1. The highest BCUT2D eigenvalue weighted by atomic mass is 16.5. The number of aromatic nitrogens is 1. The fraction of sp³-hybridized carbons (Fsp3) is 0.500. The molecule has 0 saturated carbocycles. The monoisotopic (exact) mass is 286 g/mol. The van der Waals surface area contributed by atoms with Gasteiger partial charge in [0.05, 0.1) is 11.7 Å². The number of hydrogen-bond donors (Lipinski definition) is 1. The highest BCUT2D eigenvalue weighted by Crippen LogP contribution is 2.20. The molecule has 1 N–H and O–H groups in total. The lowest BCUT2D eigenvalue weighted by Gasteiger charge is -2.25. The molecule has 3 nitrogen and oxygen atoms in total. The molecule has 114 valence electrons. The second-order valence-corrected chi connectivity index (χ2v) is 6.52. The van der Waals surface area contributed by atoms with Gasteiger partial charge in [0, 0.05) is 17.5 Å². The summed E-state index contributed by atoms with van der Waals surface area (Å²) in [5.74, 6) is 0.850. The van der Waals surface area contributed by atoms with Gasteiger partial charge in [0.1, 0.15) is 11.9 Å². The molecular weight excluding hydrogens is 260 g/mol. The lowest BCUT2D eigenvalue weighted by Crippen LogP contribution is -2.42. The lowest BCUT2D eigenvalue weighted by atomic mass is 10.1. The van der Waals surface area contributed by atoms with E-state index in [0.29, 0.717) is 0 Å². The molecule has 1 heterocycles. The Morgan fingerprint density at radius 2 is 2.00 bits per heavy atom. The smallest absolute Gasteiger partial charge is 0.138 e. The Morgan fingerprint density at radius 3 is 2.71 bits per heavy atom. The van der Waals surface area contributed by atoms with Crippen LogP contribution >= 0.6 is 0 Å². The number of fused-ring (bicyclic) bond motifs is 1. The molecule has 0 fully saturated rings. The van der Waals surface area contributed by atoms with Gasteiger partial charge in [-0.3, -0.25) is 4.98 Å². The van der Waals surface area contributed by atoms with Crippen molar-refractivity contribution in [1.29, 1.82) is 0 Å². The summed E-state index contributed by atoms with van der Waals surface area (Å²) in [5.41, 5.74) is 1.11. The van der Waals surface area contributed by atoms with Gasteiger partial charge in [-0.1, -0.05) is 31.5 Å². The van der Waals surface area contributed by atoms with Gasteiger partial charge in [0.15, 0.2) is 0 Å². The SMILES string of the molecule is CCCC(CNC(C)(C)C)Oc1cnc2ccccc2c1. The standard InChI is InChI=1S/C18H26N2O/c1-5-8-15(13-20-18(2,3)4)21-16-11-14-9-6-7-10-17(14)19-12-16/h6-7,9-12,15,20H,5,8,13H2,1-4H3. The highest BCUT2D eigenvalue weighted by Gasteiger charge is 2.15. The van der Waals surface area contributed by atoms with Crippen molar-refractivity contribution in [2.45, 2.75) is 52.2 Å². The minimum atomic E-state index is 0.108. The van der Waals surface area contributed by atoms with E-state index in [9.17, 15) is 0 Å². The quantitative estimate of drug-likeness (QED) is 0.865. The van der Waals surface area contributed by atoms with Gasteiger partial charge in [0.2, 0.25) is 0 Å². The first-order valence-corrected chi connectivity index (χ1v) is 7.74. The van der Waals surface area contributed by atoms with Crippen molar-refractivity contribution in [1.82, 2.24) is 10.3 Å². The van der Waals surface area contributed by atoms with Gasteiger partial charge in [-0.05, 0) is 39.3 Å². The van der Waals surface area contributed by atoms with Gasteiger partial charge < -0.3 is 10.1 Å². The molecular formula is C18H26N2O. The highest BCUT2D eigenvalue weighted by molar-refractivity contribution is 5.79. The van der Waals surface area contributed by atoms with Crippen LogP contribution < -0.4 is 10.1 Å². The van der Waals surface area contributed by atoms with Crippen molar-refractivity contribution in [2.75, 3.05) is 6.54 Å². The maximum atomic E-state index is 6.13. The van der Waals surface area contributed by atoms with E-state index >= 15 is 0 Å². The molecule has 0 bridgehead atoms. The predicted molar refractivity (Wildman–Crippen MR) is 88.8 cm³/mol. The largest absolute Gasteiger partial charge is 0.487 e. The summed E-state index contributed by atoms with van der Waals surface area (Å²) >= 11 is 0. The summed E-state index contributed by atoms with van der Waals surface area (Å²) in [7, 11) is 0. The van der Waals surface area contributed by atoms with E-state index in [1.54, 1.807) is 0 Å². The third-order valence-corrected chi connectivity index (χ3v) is 3.34. The van der Waals surface area contributed by atoms with E-state index in [4.69, 9.17) is 4.74 Å². The summed E-state index contributed by atoms with van der Waals surface area (Å²) in [5, 5.41) is 4.64. The first-order valence-electron chi connectivity index (χ1n) is 7.74. The van der Waals surface area contributed by atoms with Crippen molar-refractivity contribution in [3.8, 4) is 5.75 Å². The minimum absolute atomic E-state index is 0.108. The van der Waals surface area contributed by atoms with Crippen molar-refractivity contribution < 1.29 is 4.74 Å². The maximum absolute atomic E-state index is 6.13. The number of nitrogens with zero attached hydrogens (tertiary/aromatic N) is 1. The van der Waals surface area contributed by atoms with Crippen molar-refractivity contribution in [3.05, 3.63) is 36.5 Å². The van der Waals surface area contributed by atoms with Gasteiger partial charge in [-0.2, -0.15) is 0 Å². The number of para-hydroxylation sites is 1. The third-order valence-electron chi connectivity index (χ3n) is 3.34. The molecule has 2 aromatic rings. The Bertz CT molecular complexity index is 575. The molecule has 1 aromatic heterocycles. The summed E-state index contributed by atoms with van der Waals surface area (Å²) in [6.07, 6.45) is 4.15. The topological polar surface area (TPSA) is 34.1 Å². The molecule has 0 saturated heterocycles. The van der Waals surface area contributed by atoms with E-state index in [0.717, 1.165) is 36.0 Å². The molecule has 0 spiro atoms. The Balaban J connectivity index is 2.07. The number of rotatable bonds is 6. The van der Waals surface area contributed by atoms with Crippen LogP contribution in [0.3, 0.4) is 0 Å². The predicted octanol–water partition coefficient (Wildman–Crippen LogP) is 4.17. The van der Waals surface area contributed by atoms with Gasteiger partial charge in [0.25, 0.3) is 0 Å². The molecule has 0 amide bonds. The Kier molecular flexibility index (Phi) is 5.18. The average molecular weight is 286 g/mol. The van der Waals surface area contributed by atoms with E-state index in [1.165, 1.54) is 0 Å². The van der Waals surface area contributed by atoms with Crippen molar-refractivity contribution in [2.24, 2.45) is 0 Å². The van der Waals surface area contributed by atoms with Crippen LogP contribution in [-0.2, 0) is 0 Å². The molecule has 1 atom stereocenters. The lowest BCUT2D eigenvalue weighted by molar-refractivity contribution is 0.174. The second-order valence-electron chi connectivity index (χ2n) is 6.52. The maximum Gasteiger partial charge on any atom is 0.138 e. The Labute approximate surface area is 127 Å². The molecule has 1 aromatic carbocycles. The molecule has 2 rings (SSSR count). The zero-order valence-electron chi connectivity index (χ0n) is 13.5. The normalized spacial score (nSPS) is 13.3. The first kappa shape index (κ1) is 15.8. The zero-order valence-corrected chi connectivity index (χ0v) is 13.5. The average Bonchev–Trinajstić information content (AvgIpc) is 2.44. The van der Waals surface area contributed by atoms with Gasteiger partial charge in [-0.15, -0.1) is 0 Å². The van der Waals surface area contributed by atoms with E-state index in [-0.39, 0.29) is 11.6 Å². The first-order chi connectivity index (χ1) is 9.98. The molecule has 21 heavy (non-hydrogen) atoms. The van der Waals surface area contributed by atoms with Crippen LogP contribution in [-0.4, -0.2) is 23.2 Å². The van der Waals surface area contributed by atoms with Crippen LogP contribution in [0, 0.1) is 0 Å². The van der Waals surface area contributed by atoms with E-state index in [1.807, 2.05) is 24.4 Å². The van der Waals surface area contributed by atoms with Crippen LogP contribution in [0.5, 0.6) is 5.75 Å². The van der Waals surface area contributed by atoms with Crippen LogP contribution in [0.1, 0.15) is 40.5 Å². The summed E-state index contributed by atoms with van der Waals surface area (Å²) in [4.78, 5) is 4.46. The summed E-state index contributed by atoms with van der Waals surface area (Å²) in [6.45, 7) is 9.56. The minimum Gasteiger partial charge on any atom is -0.487 e. The van der Waals surface area contributed by atoms with E-state index in [2.05, 4.69) is 50.1 Å². The van der Waals surface area contributed by atoms with Crippen LogP contribution in [0.15, 0.2) is 36.5 Å². The third kappa shape index (κ3) is 5.01. The molecule has 0 aliphatic rings. The molecule has 0 radical (unpaired) electrons. The summed E-state index contributed by atoms with van der Waals surface area (Å²) < 4.78 is 6.13. The Morgan fingerprint density at radius 1 is 1.24 bits per heavy atom. The van der Waals surface area contributed by atoms with Gasteiger partial charge in [-0.25, -0.2) is 0 Å². The molecule has 3 heteroatoms. The molecule has 1 unspecified atom stereocenters. The van der Waals surface area contributed by atoms with Crippen LogP contribution in [0.4, 0.5) is 0 Å². The van der Waals surface area contributed by atoms with Crippen molar-refractivity contribution >= 4 is 10.9 Å². The Hall–Kier alpha value is -1.61.